The molecule has 0 radical (unpaired) electrons. The summed E-state index contributed by atoms with van der Waals surface area (Å²) in [6.07, 6.45) is 0. The lowest BCUT2D eigenvalue weighted by atomic mass is 10.3. The lowest BCUT2D eigenvalue weighted by Gasteiger charge is -1.89. The second-order valence-electron chi connectivity index (χ2n) is 3.14. The molecule has 1 aromatic carbocycles. The van der Waals surface area contributed by atoms with Crippen molar-refractivity contribution < 1.29 is 4.42 Å². The smallest absolute Gasteiger partial charge is 0.167 e. The Morgan fingerprint density at radius 3 is 2.80 bits per heavy atom. The van der Waals surface area contributed by atoms with Crippen molar-refractivity contribution in [1.82, 2.24) is 0 Å². The zero-order valence-corrected chi connectivity index (χ0v) is 9.48. The predicted molar refractivity (Wildman–Crippen MR) is 64.7 cm³/mol. The predicted octanol–water partition coefficient (Wildman–Crippen LogP) is 4.65. The Hall–Kier alpha value is -1.19. The van der Waals surface area contributed by atoms with Crippen LogP contribution < -0.4 is 0 Å². The van der Waals surface area contributed by atoms with E-state index >= 15 is 0 Å². The maximum Gasteiger partial charge on any atom is 0.167 e. The summed E-state index contributed by atoms with van der Waals surface area (Å²) >= 11 is 3.40. The highest BCUT2D eigenvalue weighted by atomic mass is 32.2. The van der Waals surface area contributed by atoms with Crippen LogP contribution in [0.2, 0.25) is 0 Å². The summed E-state index contributed by atoms with van der Waals surface area (Å²) in [4.78, 5) is 0. The second-order valence-corrected chi connectivity index (χ2v) is 5.39. The molecule has 0 fully saturated rings. The average molecular weight is 232 g/mol. The third-order valence-corrected chi connectivity index (χ3v) is 4.04. The van der Waals surface area contributed by atoms with Crippen LogP contribution in [0.15, 0.2) is 61.6 Å². The summed E-state index contributed by atoms with van der Waals surface area (Å²) in [7, 11) is 0. The first-order valence-electron chi connectivity index (χ1n) is 4.62. The molecule has 15 heavy (non-hydrogen) atoms. The van der Waals surface area contributed by atoms with Gasteiger partial charge in [-0.05, 0) is 35.3 Å². The number of hydrogen-bond donors (Lipinski definition) is 0. The molecule has 0 N–H and O–H groups in total. The van der Waals surface area contributed by atoms with Gasteiger partial charge in [-0.15, -0.1) is 11.3 Å². The maximum atomic E-state index is 5.71. The molecule has 1 nitrogen and oxygen atoms in total. The van der Waals surface area contributed by atoms with Crippen LogP contribution in [0.1, 0.15) is 0 Å². The standard InChI is InChI=1S/C12H8OS2/c1-2-5-10-9(4-1)8-11(13-10)15-12-6-3-7-14-12/h1-8H. The van der Waals surface area contributed by atoms with Gasteiger partial charge in [-0.2, -0.15) is 0 Å². The molecule has 3 aromatic rings. The van der Waals surface area contributed by atoms with Crippen molar-refractivity contribution in [3.8, 4) is 0 Å². The molecule has 74 valence electrons. The number of thiophene rings is 1. The minimum absolute atomic E-state index is 0.955. The van der Waals surface area contributed by atoms with E-state index in [4.69, 9.17) is 4.42 Å². The molecule has 3 heteroatoms. The summed E-state index contributed by atoms with van der Waals surface area (Å²) in [5.74, 6) is 0. The summed E-state index contributed by atoms with van der Waals surface area (Å²) in [6.45, 7) is 0. The van der Waals surface area contributed by atoms with Gasteiger partial charge in [0.1, 0.15) is 5.58 Å². The lowest BCUT2D eigenvalue weighted by molar-refractivity contribution is 0.515. The third kappa shape index (κ3) is 1.80. The molecule has 0 saturated heterocycles. The number of benzene rings is 1. The van der Waals surface area contributed by atoms with E-state index in [0.29, 0.717) is 0 Å². The summed E-state index contributed by atoms with van der Waals surface area (Å²) in [6, 6.07) is 14.3. The fourth-order valence-corrected chi connectivity index (χ4v) is 3.14. The van der Waals surface area contributed by atoms with Crippen LogP contribution in [0.5, 0.6) is 0 Å². The highest BCUT2D eigenvalue weighted by Crippen LogP contribution is 2.34. The Morgan fingerprint density at radius 2 is 2.00 bits per heavy atom. The van der Waals surface area contributed by atoms with Crippen LogP contribution in [0.3, 0.4) is 0 Å². The third-order valence-electron chi connectivity index (χ3n) is 2.10. The van der Waals surface area contributed by atoms with Crippen molar-refractivity contribution in [2.45, 2.75) is 9.30 Å². The topological polar surface area (TPSA) is 13.1 Å². The van der Waals surface area contributed by atoms with Crippen molar-refractivity contribution in [3.63, 3.8) is 0 Å². The van der Waals surface area contributed by atoms with Gasteiger partial charge in [0.25, 0.3) is 0 Å². The van der Waals surface area contributed by atoms with Gasteiger partial charge >= 0.3 is 0 Å². The number of furan rings is 1. The van der Waals surface area contributed by atoms with E-state index in [0.717, 1.165) is 16.1 Å². The average Bonchev–Trinajstić information content (AvgIpc) is 2.86. The summed E-state index contributed by atoms with van der Waals surface area (Å²) in [5.41, 5.74) is 0.955. The molecule has 3 rings (SSSR count). The first-order valence-corrected chi connectivity index (χ1v) is 6.31. The highest BCUT2D eigenvalue weighted by molar-refractivity contribution is 8.01. The van der Waals surface area contributed by atoms with E-state index in [9.17, 15) is 0 Å². The van der Waals surface area contributed by atoms with Gasteiger partial charge in [0, 0.05) is 5.39 Å². The molecule has 0 saturated carbocycles. The van der Waals surface area contributed by atoms with Crippen LogP contribution >= 0.6 is 23.1 Å². The van der Waals surface area contributed by atoms with Crippen molar-refractivity contribution >= 4 is 34.1 Å². The molecule has 0 aliphatic rings. The van der Waals surface area contributed by atoms with Crippen molar-refractivity contribution in [2.24, 2.45) is 0 Å². The van der Waals surface area contributed by atoms with Gasteiger partial charge in [0.2, 0.25) is 0 Å². The first-order chi connectivity index (χ1) is 7.42. The van der Waals surface area contributed by atoms with Crippen molar-refractivity contribution in [1.29, 1.82) is 0 Å². The fraction of sp³-hybridized carbons (Fsp3) is 0. The molecule has 2 heterocycles. The van der Waals surface area contributed by atoms with Crippen molar-refractivity contribution in [3.05, 3.63) is 47.8 Å². The van der Waals surface area contributed by atoms with Crippen LogP contribution in [0, 0.1) is 0 Å². The van der Waals surface area contributed by atoms with Crippen LogP contribution in [-0.4, -0.2) is 0 Å². The monoisotopic (exact) mass is 232 g/mol. The van der Waals surface area contributed by atoms with Gasteiger partial charge in [0.15, 0.2) is 5.09 Å². The highest BCUT2D eigenvalue weighted by Gasteiger charge is 2.04. The van der Waals surface area contributed by atoms with Crippen molar-refractivity contribution in [2.75, 3.05) is 0 Å². The Balaban J connectivity index is 1.98. The zero-order chi connectivity index (χ0) is 10.1. The molecule has 0 aliphatic heterocycles. The van der Waals surface area contributed by atoms with Gasteiger partial charge in [-0.1, -0.05) is 24.3 Å². The van der Waals surface area contributed by atoms with E-state index in [-0.39, 0.29) is 0 Å². The first kappa shape index (κ1) is 9.07. The van der Waals surface area contributed by atoms with E-state index < -0.39 is 0 Å². The minimum Gasteiger partial charge on any atom is -0.449 e. The zero-order valence-electron chi connectivity index (χ0n) is 7.84. The summed E-state index contributed by atoms with van der Waals surface area (Å²) in [5, 5.41) is 4.19. The molecule has 2 aromatic heterocycles. The number of fused-ring (bicyclic) bond motifs is 1. The summed E-state index contributed by atoms with van der Waals surface area (Å²) < 4.78 is 6.97. The van der Waals surface area contributed by atoms with Crippen LogP contribution in [0.4, 0.5) is 0 Å². The Morgan fingerprint density at radius 1 is 1.07 bits per heavy atom. The Bertz CT molecular complexity index is 533. The van der Waals surface area contributed by atoms with Gasteiger partial charge in [0.05, 0.1) is 4.21 Å². The van der Waals surface area contributed by atoms with E-state index in [1.54, 1.807) is 23.1 Å². The molecule has 0 atom stereocenters. The quantitative estimate of drug-likeness (QED) is 0.638. The maximum absolute atomic E-state index is 5.71. The Labute approximate surface area is 95.7 Å². The van der Waals surface area contributed by atoms with Gasteiger partial charge in [-0.25, -0.2) is 0 Å². The van der Waals surface area contributed by atoms with Crippen LogP contribution in [0.25, 0.3) is 11.0 Å². The number of hydrogen-bond acceptors (Lipinski definition) is 3. The van der Waals surface area contributed by atoms with Gasteiger partial charge in [-0.3, -0.25) is 0 Å². The molecular weight excluding hydrogens is 224 g/mol. The van der Waals surface area contributed by atoms with E-state index in [1.165, 1.54) is 4.21 Å². The SMILES string of the molecule is c1csc(Sc2cc3ccccc3o2)c1. The number of para-hydroxylation sites is 1. The number of rotatable bonds is 2. The lowest BCUT2D eigenvalue weighted by Crippen LogP contribution is -1.58. The Kier molecular flexibility index (Phi) is 2.27. The fourth-order valence-electron chi connectivity index (χ4n) is 1.43. The van der Waals surface area contributed by atoms with Gasteiger partial charge < -0.3 is 4.42 Å². The van der Waals surface area contributed by atoms with E-state index in [1.807, 2.05) is 18.2 Å². The molecule has 0 bridgehead atoms. The molecule has 0 unspecified atom stereocenters. The second kappa shape index (κ2) is 3.76. The molecular formula is C12H8OS2. The van der Waals surface area contributed by atoms with Crippen LogP contribution in [-0.2, 0) is 0 Å². The minimum atomic E-state index is 0.955. The normalized spacial score (nSPS) is 10.9. The largest absolute Gasteiger partial charge is 0.449 e. The molecule has 0 amide bonds. The van der Waals surface area contributed by atoms with E-state index in [2.05, 4.69) is 29.6 Å². The molecule has 0 spiro atoms. The molecule has 0 aliphatic carbocycles.